The Morgan fingerprint density at radius 2 is 2.04 bits per heavy atom. The molecule has 1 atom stereocenters. The van der Waals surface area contributed by atoms with Gasteiger partial charge in [-0.15, -0.1) is 0 Å². The Bertz CT molecular complexity index is 630. The van der Waals surface area contributed by atoms with Gasteiger partial charge in [0.05, 0.1) is 23.8 Å². The normalized spacial score (nSPS) is 23.4. The van der Waals surface area contributed by atoms with Gasteiger partial charge in [-0.25, -0.2) is 0 Å². The minimum atomic E-state index is -0.261. The predicted octanol–water partition coefficient (Wildman–Crippen LogP) is 2.16. The van der Waals surface area contributed by atoms with Crippen LogP contribution in [0.1, 0.15) is 62.5 Å². The van der Waals surface area contributed by atoms with E-state index in [9.17, 15) is 9.90 Å². The third-order valence-corrected chi connectivity index (χ3v) is 5.79. The highest BCUT2D eigenvalue weighted by Crippen LogP contribution is 2.35. The average Bonchev–Trinajstić information content (AvgIpc) is 2.83. The van der Waals surface area contributed by atoms with Gasteiger partial charge in [0.1, 0.15) is 0 Å². The molecule has 0 bridgehead atoms. The minimum Gasteiger partial charge on any atom is -0.393 e. The van der Waals surface area contributed by atoms with Gasteiger partial charge >= 0.3 is 0 Å². The zero-order valence-corrected chi connectivity index (χ0v) is 15.9. The first-order valence-corrected chi connectivity index (χ1v) is 9.46. The fourth-order valence-corrected chi connectivity index (χ4v) is 4.23. The number of aliphatic hydroxyl groups is 1. The lowest BCUT2D eigenvalue weighted by Crippen LogP contribution is -2.52. The summed E-state index contributed by atoms with van der Waals surface area (Å²) in [7, 11) is 0. The van der Waals surface area contributed by atoms with E-state index in [-0.39, 0.29) is 17.6 Å². The number of rotatable bonds is 3. The van der Waals surface area contributed by atoms with E-state index in [1.807, 2.05) is 23.4 Å². The SMILES string of the molecule is Cc1nn(C(C)C)c(C)c1CC(=O)N1CCC2(CC1)C[C@@H](O)CCO2. The van der Waals surface area contributed by atoms with Crippen molar-refractivity contribution in [1.29, 1.82) is 0 Å². The zero-order valence-electron chi connectivity index (χ0n) is 15.9. The molecule has 6 nitrogen and oxygen atoms in total. The number of hydrogen-bond donors (Lipinski definition) is 1. The molecule has 3 heterocycles. The van der Waals surface area contributed by atoms with E-state index in [1.54, 1.807) is 0 Å². The highest BCUT2D eigenvalue weighted by Gasteiger charge is 2.40. The molecular weight excluding hydrogens is 318 g/mol. The van der Waals surface area contributed by atoms with Gasteiger partial charge in [0.15, 0.2) is 0 Å². The highest BCUT2D eigenvalue weighted by molar-refractivity contribution is 5.79. The summed E-state index contributed by atoms with van der Waals surface area (Å²) in [6, 6.07) is 0.298. The Kier molecular flexibility index (Phi) is 5.21. The number of aryl methyl sites for hydroxylation is 1. The van der Waals surface area contributed by atoms with Gasteiger partial charge in [-0.1, -0.05) is 0 Å². The Balaban J connectivity index is 1.62. The minimum absolute atomic E-state index is 0.167. The summed E-state index contributed by atoms with van der Waals surface area (Å²) in [5.74, 6) is 0.167. The number of aromatic nitrogens is 2. The Morgan fingerprint density at radius 1 is 1.36 bits per heavy atom. The Hall–Kier alpha value is -1.40. The van der Waals surface area contributed by atoms with Gasteiger partial charge in [0.25, 0.3) is 0 Å². The first-order chi connectivity index (χ1) is 11.8. The van der Waals surface area contributed by atoms with Crippen LogP contribution in [-0.4, -0.2) is 57.1 Å². The van der Waals surface area contributed by atoms with Crippen molar-refractivity contribution in [1.82, 2.24) is 14.7 Å². The van der Waals surface area contributed by atoms with Crippen LogP contribution < -0.4 is 0 Å². The van der Waals surface area contributed by atoms with Crippen molar-refractivity contribution in [3.8, 4) is 0 Å². The molecule has 0 unspecified atom stereocenters. The second-order valence-electron chi connectivity index (χ2n) is 7.92. The van der Waals surface area contributed by atoms with Crippen LogP contribution in [0.15, 0.2) is 0 Å². The number of aliphatic hydroxyl groups excluding tert-OH is 1. The van der Waals surface area contributed by atoms with Gasteiger partial charge in [-0.2, -0.15) is 5.10 Å². The van der Waals surface area contributed by atoms with Crippen LogP contribution in [0, 0.1) is 13.8 Å². The molecule has 0 aliphatic carbocycles. The molecule has 140 valence electrons. The maximum atomic E-state index is 12.8. The largest absolute Gasteiger partial charge is 0.393 e. The van der Waals surface area contributed by atoms with Gasteiger partial charge in [0, 0.05) is 43.4 Å². The maximum Gasteiger partial charge on any atom is 0.227 e. The number of piperidine rings is 1. The summed E-state index contributed by atoms with van der Waals surface area (Å²) >= 11 is 0. The molecule has 2 aliphatic heterocycles. The van der Waals surface area contributed by atoms with Crippen molar-refractivity contribution in [2.75, 3.05) is 19.7 Å². The molecule has 1 aromatic rings. The molecule has 2 fully saturated rings. The summed E-state index contributed by atoms with van der Waals surface area (Å²) in [5, 5.41) is 14.5. The molecule has 1 amide bonds. The lowest BCUT2D eigenvalue weighted by molar-refractivity contribution is -0.153. The molecule has 1 N–H and O–H groups in total. The highest BCUT2D eigenvalue weighted by atomic mass is 16.5. The van der Waals surface area contributed by atoms with Crippen LogP contribution in [0.25, 0.3) is 0 Å². The molecule has 0 saturated carbocycles. The van der Waals surface area contributed by atoms with Gasteiger partial charge in [0.2, 0.25) is 5.91 Å². The number of hydrogen-bond acceptors (Lipinski definition) is 4. The second kappa shape index (κ2) is 7.08. The molecule has 2 aliphatic rings. The van der Waals surface area contributed by atoms with E-state index in [0.717, 1.165) is 36.2 Å². The summed E-state index contributed by atoms with van der Waals surface area (Å²) < 4.78 is 7.98. The predicted molar refractivity (Wildman–Crippen MR) is 95.5 cm³/mol. The second-order valence-corrected chi connectivity index (χ2v) is 7.92. The zero-order chi connectivity index (χ0) is 18.2. The molecule has 3 rings (SSSR count). The van der Waals surface area contributed by atoms with Crippen LogP contribution in [-0.2, 0) is 16.0 Å². The van der Waals surface area contributed by atoms with E-state index < -0.39 is 0 Å². The molecule has 6 heteroatoms. The molecule has 0 aromatic carbocycles. The number of carbonyl (C=O) groups excluding carboxylic acids is 1. The van der Waals surface area contributed by atoms with Crippen molar-refractivity contribution in [2.24, 2.45) is 0 Å². The van der Waals surface area contributed by atoms with E-state index in [1.165, 1.54) is 0 Å². The van der Waals surface area contributed by atoms with Gasteiger partial charge in [-0.3, -0.25) is 9.48 Å². The van der Waals surface area contributed by atoms with Crippen molar-refractivity contribution in [3.63, 3.8) is 0 Å². The molecule has 1 spiro atoms. The third-order valence-electron chi connectivity index (χ3n) is 5.79. The van der Waals surface area contributed by atoms with Crippen LogP contribution in [0.3, 0.4) is 0 Å². The summed E-state index contributed by atoms with van der Waals surface area (Å²) in [6.45, 7) is 10.3. The van der Waals surface area contributed by atoms with Crippen LogP contribution in [0.5, 0.6) is 0 Å². The molecule has 0 radical (unpaired) electrons. The van der Waals surface area contributed by atoms with Crippen molar-refractivity contribution >= 4 is 5.91 Å². The topological polar surface area (TPSA) is 67.6 Å². The van der Waals surface area contributed by atoms with Crippen molar-refractivity contribution in [3.05, 3.63) is 17.0 Å². The smallest absolute Gasteiger partial charge is 0.227 e. The van der Waals surface area contributed by atoms with Crippen LogP contribution in [0.4, 0.5) is 0 Å². The number of likely N-dealkylation sites (tertiary alicyclic amines) is 1. The van der Waals surface area contributed by atoms with Gasteiger partial charge < -0.3 is 14.7 Å². The van der Waals surface area contributed by atoms with E-state index >= 15 is 0 Å². The Labute approximate surface area is 150 Å². The van der Waals surface area contributed by atoms with Gasteiger partial charge in [-0.05, 0) is 47.0 Å². The Morgan fingerprint density at radius 3 is 2.60 bits per heavy atom. The summed E-state index contributed by atoms with van der Waals surface area (Å²) in [6.07, 6.45) is 3.22. The number of nitrogens with zero attached hydrogens (tertiary/aromatic N) is 3. The quantitative estimate of drug-likeness (QED) is 0.908. The number of ether oxygens (including phenoxy) is 1. The third kappa shape index (κ3) is 3.75. The van der Waals surface area contributed by atoms with Crippen molar-refractivity contribution < 1.29 is 14.6 Å². The molecule has 1 aromatic heterocycles. The fraction of sp³-hybridized carbons (Fsp3) is 0.789. The monoisotopic (exact) mass is 349 g/mol. The fourth-order valence-electron chi connectivity index (χ4n) is 4.23. The number of carbonyl (C=O) groups is 1. The first-order valence-electron chi connectivity index (χ1n) is 9.46. The maximum absolute atomic E-state index is 12.8. The molecule has 2 saturated heterocycles. The first kappa shape index (κ1) is 18.4. The van der Waals surface area contributed by atoms with Crippen molar-refractivity contribution in [2.45, 2.75) is 77.5 Å². The average molecular weight is 349 g/mol. The molecular formula is C19H31N3O3. The van der Waals surface area contributed by atoms with Crippen LogP contribution >= 0.6 is 0 Å². The van der Waals surface area contributed by atoms with E-state index in [2.05, 4.69) is 18.9 Å². The van der Waals surface area contributed by atoms with E-state index in [0.29, 0.717) is 38.6 Å². The van der Waals surface area contributed by atoms with E-state index in [4.69, 9.17) is 4.74 Å². The number of amides is 1. The summed E-state index contributed by atoms with van der Waals surface area (Å²) in [5.41, 5.74) is 2.88. The summed E-state index contributed by atoms with van der Waals surface area (Å²) in [4.78, 5) is 14.7. The van der Waals surface area contributed by atoms with Crippen LogP contribution in [0.2, 0.25) is 0 Å². The molecule has 25 heavy (non-hydrogen) atoms. The standard InChI is InChI=1S/C19H31N3O3/c1-13(2)22-15(4)17(14(3)20-22)11-18(24)21-8-6-19(7-9-21)12-16(23)5-10-25-19/h13,16,23H,5-12H2,1-4H3/t16-/m0/s1. The lowest BCUT2D eigenvalue weighted by Gasteiger charge is -2.45. The lowest BCUT2D eigenvalue weighted by atomic mass is 9.83.